The fraction of sp³-hybridized carbons (Fsp3) is 0.238. The Hall–Kier alpha value is -3.16. The first kappa shape index (κ1) is 19.6. The predicted molar refractivity (Wildman–Crippen MR) is 110 cm³/mol. The minimum absolute atomic E-state index is 0.515. The number of aromatic nitrogens is 2. The molecule has 0 aliphatic heterocycles. The number of fused-ring (bicyclic) bond motifs is 1. The number of nitrogens with one attached hydrogen (secondary N) is 2. The van der Waals surface area contributed by atoms with Gasteiger partial charge in [0.05, 0.1) is 11.0 Å². The number of rotatable bonds is 9. The van der Waals surface area contributed by atoms with Gasteiger partial charge in [-0.25, -0.2) is 4.98 Å². The van der Waals surface area contributed by atoms with E-state index in [4.69, 9.17) is 25.4 Å². The van der Waals surface area contributed by atoms with Crippen LogP contribution >= 0.6 is 0 Å². The minimum atomic E-state index is -0.515. The lowest BCUT2D eigenvalue weighted by Gasteiger charge is -2.13. The van der Waals surface area contributed by atoms with Crippen LogP contribution in [-0.2, 0) is 9.47 Å². The van der Waals surface area contributed by atoms with E-state index in [2.05, 4.69) is 9.97 Å². The van der Waals surface area contributed by atoms with Gasteiger partial charge >= 0.3 is 0 Å². The van der Waals surface area contributed by atoms with Gasteiger partial charge in [0.2, 0.25) is 6.29 Å². The van der Waals surface area contributed by atoms with E-state index in [-0.39, 0.29) is 0 Å². The summed E-state index contributed by atoms with van der Waals surface area (Å²) >= 11 is 0. The molecule has 4 N–H and O–H groups in total. The molecular weight excluding hydrogens is 356 g/mol. The van der Waals surface area contributed by atoms with Crippen LogP contribution in [0, 0.1) is 5.41 Å². The normalized spacial score (nSPS) is 11.9. The molecule has 0 unspecified atom stereocenters. The van der Waals surface area contributed by atoms with E-state index in [9.17, 15) is 0 Å². The van der Waals surface area contributed by atoms with Gasteiger partial charge in [0, 0.05) is 31.2 Å². The molecule has 1 heterocycles. The Balaban J connectivity index is 1.78. The number of benzene rings is 2. The van der Waals surface area contributed by atoms with Crippen LogP contribution in [0.4, 0.5) is 0 Å². The number of aromatic amines is 1. The van der Waals surface area contributed by atoms with Crippen molar-refractivity contribution in [3.63, 3.8) is 0 Å². The van der Waals surface area contributed by atoms with Gasteiger partial charge < -0.3 is 30.3 Å². The van der Waals surface area contributed by atoms with Crippen LogP contribution < -0.4 is 10.5 Å². The number of allylic oxidation sites excluding steroid dienone is 1. The summed E-state index contributed by atoms with van der Waals surface area (Å²) in [4.78, 5) is 7.79. The Kier molecular flexibility index (Phi) is 6.41. The zero-order valence-corrected chi connectivity index (χ0v) is 15.9. The summed E-state index contributed by atoms with van der Waals surface area (Å²) in [5, 5.41) is 7.08. The number of hydrogen-bond acceptors (Lipinski definition) is 6. The molecule has 1 aromatic heterocycles. The van der Waals surface area contributed by atoms with Crippen molar-refractivity contribution in [2.75, 3.05) is 13.2 Å². The summed E-state index contributed by atoms with van der Waals surface area (Å²) in [6, 6.07) is 13.0. The van der Waals surface area contributed by atoms with Gasteiger partial charge in [-0.15, -0.1) is 0 Å². The van der Waals surface area contributed by atoms with Gasteiger partial charge in [-0.05, 0) is 61.9 Å². The maximum Gasteiger partial charge on any atom is 0.217 e. The van der Waals surface area contributed by atoms with Gasteiger partial charge in [-0.3, -0.25) is 0 Å². The molecular formula is C21H24N4O3. The van der Waals surface area contributed by atoms with Crippen molar-refractivity contribution in [1.29, 1.82) is 5.41 Å². The molecule has 3 aromatic rings. The maximum atomic E-state index is 7.08. The molecule has 3 rings (SSSR count). The molecule has 0 radical (unpaired) electrons. The van der Waals surface area contributed by atoms with E-state index in [1.54, 1.807) is 0 Å². The number of H-pyrrole nitrogens is 1. The highest BCUT2D eigenvalue weighted by Crippen LogP contribution is 2.27. The van der Waals surface area contributed by atoms with Gasteiger partial charge in [0.25, 0.3) is 0 Å². The lowest BCUT2D eigenvalue weighted by atomic mass is 10.1. The second-order valence-corrected chi connectivity index (χ2v) is 5.96. The first-order valence-corrected chi connectivity index (χ1v) is 9.12. The van der Waals surface area contributed by atoms with Crippen molar-refractivity contribution >= 4 is 22.9 Å². The minimum Gasteiger partial charge on any atom is -0.457 e. The van der Waals surface area contributed by atoms with Crippen LogP contribution in [0.15, 0.2) is 48.5 Å². The number of imidazole rings is 1. The Labute approximate surface area is 163 Å². The van der Waals surface area contributed by atoms with Crippen LogP contribution in [0.25, 0.3) is 16.7 Å². The standard InChI is InChI=1S/C21H24N4O3/c1-3-26-21(27-4-2)20-24-18-10-9-16(13-19(18)25-20)28-15-7-5-14(6-8-15)17(23)11-12-22/h5-13,21-22H,3-4,23H2,1-2H3,(H,24,25)/b17-11-,22-12?. The van der Waals surface area contributed by atoms with Crippen molar-refractivity contribution in [2.45, 2.75) is 20.1 Å². The van der Waals surface area contributed by atoms with E-state index in [1.165, 1.54) is 6.08 Å². The highest BCUT2D eigenvalue weighted by atomic mass is 16.7. The SMILES string of the molecule is CCOC(OCC)c1nc2ccc(Oc3ccc(/C(N)=C/C=N)cc3)cc2[nH]1. The first-order chi connectivity index (χ1) is 13.6. The van der Waals surface area contributed by atoms with Crippen LogP contribution in [0.3, 0.4) is 0 Å². The lowest BCUT2D eigenvalue weighted by Crippen LogP contribution is -2.10. The van der Waals surface area contributed by atoms with E-state index in [0.29, 0.717) is 36.2 Å². The van der Waals surface area contributed by atoms with Crippen LogP contribution in [-0.4, -0.2) is 29.4 Å². The van der Waals surface area contributed by atoms with Crippen molar-refractivity contribution < 1.29 is 14.2 Å². The molecule has 146 valence electrons. The zero-order valence-electron chi connectivity index (χ0n) is 15.9. The average Bonchev–Trinajstić information content (AvgIpc) is 3.12. The number of ether oxygens (including phenoxy) is 3. The fourth-order valence-corrected chi connectivity index (χ4v) is 2.73. The van der Waals surface area contributed by atoms with E-state index >= 15 is 0 Å². The molecule has 0 fully saturated rings. The molecule has 0 bridgehead atoms. The quantitative estimate of drug-likeness (QED) is 0.377. The van der Waals surface area contributed by atoms with Crippen LogP contribution in [0.2, 0.25) is 0 Å². The molecule has 0 spiro atoms. The summed E-state index contributed by atoms with van der Waals surface area (Å²) < 4.78 is 17.1. The molecule has 2 aromatic carbocycles. The van der Waals surface area contributed by atoms with Crippen molar-refractivity contribution in [1.82, 2.24) is 9.97 Å². The highest BCUT2D eigenvalue weighted by Gasteiger charge is 2.16. The third-order valence-electron chi connectivity index (χ3n) is 4.02. The molecule has 0 aliphatic carbocycles. The molecule has 0 amide bonds. The van der Waals surface area contributed by atoms with Gasteiger partial charge in [0.1, 0.15) is 11.5 Å². The number of nitrogens with two attached hydrogens (primary N) is 1. The summed E-state index contributed by atoms with van der Waals surface area (Å²) in [5.41, 5.74) is 8.90. The Morgan fingerprint density at radius 3 is 2.43 bits per heavy atom. The molecule has 28 heavy (non-hydrogen) atoms. The highest BCUT2D eigenvalue weighted by molar-refractivity contribution is 5.81. The number of hydrogen-bond donors (Lipinski definition) is 3. The lowest BCUT2D eigenvalue weighted by molar-refractivity contribution is -0.144. The van der Waals surface area contributed by atoms with Crippen molar-refractivity contribution in [3.8, 4) is 11.5 Å². The van der Waals surface area contributed by atoms with Crippen molar-refractivity contribution in [2.24, 2.45) is 5.73 Å². The Morgan fingerprint density at radius 1 is 1.11 bits per heavy atom. The molecule has 7 heteroatoms. The fourth-order valence-electron chi connectivity index (χ4n) is 2.73. The zero-order chi connectivity index (χ0) is 19.9. The predicted octanol–water partition coefficient (Wildman–Crippen LogP) is 4.38. The molecule has 0 atom stereocenters. The van der Waals surface area contributed by atoms with Gasteiger partial charge in [-0.1, -0.05) is 0 Å². The largest absolute Gasteiger partial charge is 0.457 e. The number of nitrogens with zero attached hydrogens (tertiary/aromatic N) is 1. The van der Waals surface area contributed by atoms with E-state index in [0.717, 1.165) is 22.8 Å². The molecule has 0 saturated carbocycles. The second-order valence-electron chi connectivity index (χ2n) is 5.96. The van der Waals surface area contributed by atoms with Gasteiger partial charge in [-0.2, -0.15) is 0 Å². The summed E-state index contributed by atoms with van der Waals surface area (Å²) in [6.45, 7) is 4.90. The third-order valence-corrected chi connectivity index (χ3v) is 4.02. The summed E-state index contributed by atoms with van der Waals surface area (Å²) in [6.07, 6.45) is 2.19. The molecule has 7 nitrogen and oxygen atoms in total. The smallest absolute Gasteiger partial charge is 0.217 e. The molecule has 0 saturated heterocycles. The second kappa shape index (κ2) is 9.16. The first-order valence-electron chi connectivity index (χ1n) is 9.12. The van der Waals surface area contributed by atoms with E-state index < -0.39 is 6.29 Å². The van der Waals surface area contributed by atoms with Crippen LogP contribution in [0.5, 0.6) is 11.5 Å². The third kappa shape index (κ3) is 4.57. The Morgan fingerprint density at radius 2 is 1.79 bits per heavy atom. The van der Waals surface area contributed by atoms with Crippen molar-refractivity contribution in [3.05, 3.63) is 59.9 Å². The maximum absolute atomic E-state index is 7.08. The van der Waals surface area contributed by atoms with E-state index in [1.807, 2.05) is 56.3 Å². The average molecular weight is 380 g/mol. The van der Waals surface area contributed by atoms with Gasteiger partial charge in [0.15, 0.2) is 5.82 Å². The monoisotopic (exact) mass is 380 g/mol. The topological polar surface area (TPSA) is 106 Å². The Bertz CT molecular complexity index is 957. The summed E-state index contributed by atoms with van der Waals surface area (Å²) in [5.74, 6) is 2.00. The summed E-state index contributed by atoms with van der Waals surface area (Å²) in [7, 11) is 0. The molecule has 0 aliphatic rings. The van der Waals surface area contributed by atoms with Crippen LogP contribution in [0.1, 0.15) is 31.5 Å².